The Labute approximate surface area is 87.8 Å². The number of hydrogen-bond donors (Lipinski definition) is 0. The summed E-state index contributed by atoms with van der Waals surface area (Å²) in [5.74, 6) is -1.32. The van der Waals surface area contributed by atoms with Crippen LogP contribution in [0.4, 0.5) is 4.39 Å². The molecule has 13 heavy (non-hydrogen) atoms. The molecule has 5 heteroatoms. The number of carbonyl (C=O) groups excluding carboxylic acids is 1. The molecule has 0 aliphatic carbocycles. The van der Waals surface area contributed by atoms with Crippen molar-refractivity contribution in [1.29, 1.82) is 0 Å². The lowest BCUT2D eigenvalue weighted by Gasteiger charge is -2.04. The Balaban J connectivity index is 3.33. The Morgan fingerprint density at radius 1 is 1.62 bits per heavy atom. The maximum absolute atomic E-state index is 12.9. The molecule has 0 heterocycles. The molecule has 2 nitrogen and oxygen atoms in total. The number of carbonyl (C=O) groups is 1. The minimum Gasteiger partial charge on any atom is -0.465 e. The number of hydrogen-bond acceptors (Lipinski definition) is 2. The summed E-state index contributed by atoms with van der Waals surface area (Å²) in [6.07, 6.45) is 0. The van der Waals surface area contributed by atoms with Gasteiger partial charge in [0.1, 0.15) is 5.82 Å². The molecule has 1 aromatic carbocycles. The summed E-state index contributed by atoms with van der Waals surface area (Å²) in [6.45, 7) is 0. The van der Waals surface area contributed by atoms with Gasteiger partial charge in [-0.3, -0.25) is 0 Å². The van der Waals surface area contributed by atoms with Crippen molar-refractivity contribution in [3.63, 3.8) is 0 Å². The van der Waals surface area contributed by atoms with Crippen molar-refractivity contribution in [3.05, 3.63) is 33.0 Å². The number of ether oxygens (including phenoxy) is 1. The van der Waals surface area contributed by atoms with E-state index in [-0.39, 0.29) is 10.6 Å². The third kappa shape index (κ3) is 2.00. The molecule has 0 saturated heterocycles. The van der Waals surface area contributed by atoms with Crippen LogP contribution in [0.25, 0.3) is 0 Å². The summed E-state index contributed by atoms with van der Waals surface area (Å²) in [6, 6.07) is 2.56. The zero-order valence-corrected chi connectivity index (χ0v) is 8.95. The maximum Gasteiger partial charge on any atom is 0.340 e. The van der Waals surface area contributed by atoms with Crippen molar-refractivity contribution < 1.29 is 13.9 Å². The summed E-state index contributed by atoms with van der Waals surface area (Å²) in [5.41, 5.74) is 0.00386. The number of esters is 1. The van der Waals surface area contributed by atoms with E-state index in [4.69, 9.17) is 11.6 Å². The lowest BCUT2D eigenvalue weighted by molar-refractivity contribution is 0.0599. The molecule has 1 rings (SSSR count). The van der Waals surface area contributed by atoms with Gasteiger partial charge in [-0.15, -0.1) is 0 Å². The molecule has 1 aromatic rings. The van der Waals surface area contributed by atoms with E-state index < -0.39 is 11.8 Å². The molecule has 0 spiro atoms. The first-order valence-electron chi connectivity index (χ1n) is 3.29. The third-order valence-corrected chi connectivity index (χ3v) is 2.46. The highest BCUT2D eigenvalue weighted by molar-refractivity contribution is 9.10. The van der Waals surface area contributed by atoms with Crippen LogP contribution in [-0.2, 0) is 4.74 Å². The quantitative estimate of drug-likeness (QED) is 0.577. The normalized spacial score (nSPS) is 9.85. The summed E-state index contributed by atoms with van der Waals surface area (Å²) in [4.78, 5) is 11.1. The average molecular weight is 267 g/mol. The smallest absolute Gasteiger partial charge is 0.340 e. The zero-order chi connectivity index (χ0) is 10.0. The van der Waals surface area contributed by atoms with Gasteiger partial charge in [0.05, 0.1) is 17.7 Å². The van der Waals surface area contributed by atoms with Crippen LogP contribution in [-0.4, -0.2) is 13.1 Å². The summed E-state index contributed by atoms with van der Waals surface area (Å²) >= 11 is 8.64. The van der Waals surface area contributed by atoms with Gasteiger partial charge in [0.2, 0.25) is 0 Å². The molecule has 0 fully saturated rings. The Morgan fingerprint density at radius 2 is 2.23 bits per heavy atom. The fourth-order valence-electron chi connectivity index (χ4n) is 0.816. The minimum atomic E-state index is -0.670. The van der Waals surface area contributed by atoms with Gasteiger partial charge in [-0.05, 0) is 28.1 Å². The van der Waals surface area contributed by atoms with Crippen molar-refractivity contribution in [2.24, 2.45) is 0 Å². The molecule has 0 aromatic heterocycles. The lowest BCUT2D eigenvalue weighted by atomic mass is 10.2. The standard InChI is InChI=1S/C8H5BrClFO2/c1-13-8(12)6-4(9)2-3-5(11)7(6)10/h2-3H,1H3. The van der Waals surface area contributed by atoms with E-state index in [1.807, 2.05) is 0 Å². The van der Waals surface area contributed by atoms with Gasteiger partial charge in [-0.2, -0.15) is 0 Å². The molecule has 70 valence electrons. The van der Waals surface area contributed by atoms with Gasteiger partial charge in [0.25, 0.3) is 0 Å². The number of halogens is 3. The van der Waals surface area contributed by atoms with Gasteiger partial charge < -0.3 is 4.74 Å². The van der Waals surface area contributed by atoms with E-state index in [1.54, 1.807) is 0 Å². The molecular formula is C8H5BrClFO2. The number of benzene rings is 1. The molecule has 0 aliphatic rings. The highest BCUT2D eigenvalue weighted by atomic mass is 79.9. The largest absolute Gasteiger partial charge is 0.465 e. The Hall–Kier alpha value is -0.610. The first kappa shape index (κ1) is 10.5. The maximum atomic E-state index is 12.9. The Bertz CT molecular complexity index is 354. The fraction of sp³-hybridized carbons (Fsp3) is 0.125. The van der Waals surface area contributed by atoms with Gasteiger partial charge in [0.15, 0.2) is 0 Å². The van der Waals surface area contributed by atoms with Crippen molar-refractivity contribution >= 4 is 33.5 Å². The molecular weight excluding hydrogens is 262 g/mol. The van der Waals surface area contributed by atoms with Gasteiger partial charge in [0, 0.05) is 4.47 Å². The van der Waals surface area contributed by atoms with Crippen LogP contribution in [0.3, 0.4) is 0 Å². The summed E-state index contributed by atoms with van der Waals surface area (Å²) in [7, 11) is 1.20. The predicted molar refractivity (Wildman–Crippen MR) is 50.4 cm³/mol. The van der Waals surface area contributed by atoms with Crippen molar-refractivity contribution in [3.8, 4) is 0 Å². The Morgan fingerprint density at radius 3 is 2.77 bits per heavy atom. The van der Waals surface area contributed by atoms with E-state index >= 15 is 0 Å². The zero-order valence-electron chi connectivity index (χ0n) is 6.61. The van der Waals surface area contributed by atoms with Crippen LogP contribution in [0.15, 0.2) is 16.6 Å². The lowest BCUT2D eigenvalue weighted by Crippen LogP contribution is -2.04. The highest BCUT2D eigenvalue weighted by Gasteiger charge is 2.17. The summed E-state index contributed by atoms with van der Waals surface area (Å²) in [5, 5.41) is -0.235. The average Bonchev–Trinajstić information content (AvgIpc) is 2.12. The molecule has 0 radical (unpaired) electrons. The number of rotatable bonds is 1. The van der Waals surface area contributed by atoms with Gasteiger partial charge in [-0.25, -0.2) is 9.18 Å². The molecule has 0 saturated carbocycles. The molecule has 0 unspecified atom stereocenters. The second kappa shape index (κ2) is 4.07. The van der Waals surface area contributed by atoms with Crippen LogP contribution in [0, 0.1) is 5.82 Å². The number of methoxy groups -OCH3 is 1. The van der Waals surface area contributed by atoms with E-state index in [9.17, 15) is 9.18 Å². The molecule has 0 bridgehead atoms. The molecule has 0 atom stereocenters. The second-order valence-electron chi connectivity index (χ2n) is 2.21. The van der Waals surface area contributed by atoms with Crippen molar-refractivity contribution in [2.45, 2.75) is 0 Å². The first-order valence-corrected chi connectivity index (χ1v) is 4.47. The minimum absolute atomic E-state index is 0.00386. The SMILES string of the molecule is COC(=O)c1c(Br)ccc(F)c1Cl. The summed E-state index contributed by atoms with van der Waals surface area (Å²) < 4.78 is 17.7. The van der Waals surface area contributed by atoms with E-state index in [0.717, 1.165) is 0 Å². The second-order valence-corrected chi connectivity index (χ2v) is 3.44. The topological polar surface area (TPSA) is 26.3 Å². The van der Waals surface area contributed by atoms with Crippen LogP contribution in [0.5, 0.6) is 0 Å². The monoisotopic (exact) mass is 266 g/mol. The molecule has 0 aliphatic heterocycles. The highest BCUT2D eigenvalue weighted by Crippen LogP contribution is 2.27. The van der Waals surface area contributed by atoms with E-state index in [1.165, 1.54) is 19.2 Å². The van der Waals surface area contributed by atoms with Gasteiger partial charge >= 0.3 is 5.97 Å². The Kier molecular flexibility index (Phi) is 3.27. The van der Waals surface area contributed by atoms with Crippen molar-refractivity contribution in [2.75, 3.05) is 7.11 Å². The first-order chi connectivity index (χ1) is 6.07. The van der Waals surface area contributed by atoms with Crippen LogP contribution < -0.4 is 0 Å². The third-order valence-electron chi connectivity index (χ3n) is 1.43. The van der Waals surface area contributed by atoms with Crippen LogP contribution >= 0.6 is 27.5 Å². The van der Waals surface area contributed by atoms with Gasteiger partial charge in [-0.1, -0.05) is 11.6 Å². The molecule has 0 amide bonds. The van der Waals surface area contributed by atoms with Crippen molar-refractivity contribution in [1.82, 2.24) is 0 Å². The van der Waals surface area contributed by atoms with Crippen LogP contribution in [0.1, 0.15) is 10.4 Å². The van der Waals surface area contributed by atoms with E-state index in [0.29, 0.717) is 4.47 Å². The fourth-order valence-corrected chi connectivity index (χ4v) is 1.66. The predicted octanol–water partition coefficient (Wildman–Crippen LogP) is 3.03. The van der Waals surface area contributed by atoms with Crippen LogP contribution in [0.2, 0.25) is 5.02 Å². The molecule has 0 N–H and O–H groups in total. The van der Waals surface area contributed by atoms with E-state index in [2.05, 4.69) is 20.7 Å².